The molecule has 16 heavy (non-hydrogen) atoms. The maximum absolute atomic E-state index is 5.61. The monoisotopic (exact) mass is 239 g/mol. The number of hydrogen-bond donors (Lipinski definition) is 0. The maximum Gasteiger partial charge on any atom is 0.0542 e. The predicted octanol–water partition coefficient (Wildman–Crippen LogP) is 2.26. The highest BCUT2D eigenvalue weighted by Gasteiger charge is 1.94. The Balaban J connectivity index is 2.61. The van der Waals surface area contributed by atoms with E-state index in [0.717, 1.165) is 12.1 Å². The van der Waals surface area contributed by atoms with Gasteiger partial charge >= 0.3 is 0 Å². The predicted molar refractivity (Wildman–Crippen MR) is 71.7 cm³/mol. The lowest BCUT2D eigenvalue weighted by molar-refractivity contribution is 0.380. The molecular weight excluding hydrogens is 222 g/mol. The molecule has 1 aromatic carbocycles. The van der Waals surface area contributed by atoms with E-state index in [-0.39, 0.29) is 0 Å². The molecule has 0 saturated heterocycles. The molecule has 0 amide bonds. The van der Waals surface area contributed by atoms with Gasteiger partial charge in [-0.1, -0.05) is 12.1 Å². The summed E-state index contributed by atoms with van der Waals surface area (Å²) in [6, 6.07) is 8.24. The van der Waals surface area contributed by atoms with E-state index in [0.29, 0.717) is 5.88 Å². The number of hydrazone groups is 1. The van der Waals surface area contributed by atoms with Crippen LogP contribution in [0.1, 0.15) is 5.56 Å². The Morgan fingerprint density at radius 2 is 1.81 bits per heavy atom. The molecule has 0 aliphatic rings. The van der Waals surface area contributed by atoms with Gasteiger partial charge in [-0.3, -0.25) is 5.01 Å². The van der Waals surface area contributed by atoms with Crippen LogP contribution in [0.4, 0.5) is 5.69 Å². The molecule has 0 bridgehead atoms. The van der Waals surface area contributed by atoms with E-state index in [9.17, 15) is 0 Å². The Hall–Kier alpha value is -1.22. The highest BCUT2D eigenvalue weighted by Crippen LogP contribution is 2.10. The molecule has 1 rings (SSSR count). The second-order valence-electron chi connectivity index (χ2n) is 3.80. The summed E-state index contributed by atoms with van der Waals surface area (Å²) in [6.07, 6.45) is 1.84. The van der Waals surface area contributed by atoms with Gasteiger partial charge in [-0.2, -0.15) is 5.10 Å². The third-order valence-corrected chi connectivity index (χ3v) is 2.39. The van der Waals surface area contributed by atoms with Crippen molar-refractivity contribution in [2.24, 2.45) is 5.10 Å². The normalized spacial score (nSPS) is 10.8. The number of halogens is 1. The summed E-state index contributed by atoms with van der Waals surface area (Å²) in [6.45, 7) is 0.758. The first-order valence-corrected chi connectivity index (χ1v) is 5.75. The van der Waals surface area contributed by atoms with Crippen LogP contribution in [0.2, 0.25) is 0 Å². The van der Waals surface area contributed by atoms with Gasteiger partial charge in [-0.05, 0) is 17.7 Å². The smallest absolute Gasteiger partial charge is 0.0542 e. The molecule has 0 saturated carbocycles. The van der Waals surface area contributed by atoms with E-state index in [1.807, 2.05) is 44.5 Å². The zero-order chi connectivity index (χ0) is 12.0. The summed E-state index contributed by atoms with van der Waals surface area (Å²) in [4.78, 5) is 2.07. The SMILES string of the molecule is CN(CCCl)N=Cc1ccc(N(C)C)cc1. The van der Waals surface area contributed by atoms with E-state index in [4.69, 9.17) is 11.6 Å². The number of nitrogens with zero attached hydrogens (tertiary/aromatic N) is 3. The molecule has 3 nitrogen and oxygen atoms in total. The summed E-state index contributed by atoms with van der Waals surface area (Å²) < 4.78 is 0. The Bertz CT molecular complexity index is 333. The fourth-order valence-electron chi connectivity index (χ4n) is 1.20. The minimum absolute atomic E-state index is 0.591. The van der Waals surface area contributed by atoms with Crippen molar-refractivity contribution >= 4 is 23.5 Å². The highest BCUT2D eigenvalue weighted by atomic mass is 35.5. The Morgan fingerprint density at radius 1 is 1.19 bits per heavy atom. The van der Waals surface area contributed by atoms with Crippen molar-refractivity contribution < 1.29 is 0 Å². The first-order valence-electron chi connectivity index (χ1n) is 5.22. The number of hydrogen-bond acceptors (Lipinski definition) is 3. The molecule has 88 valence electrons. The van der Waals surface area contributed by atoms with Crippen LogP contribution < -0.4 is 4.90 Å². The quantitative estimate of drug-likeness (QED) is 0.446. The average Bonchev–Trinajstić information content (AvgIpc) is 2.27. The van der Waals surface area contributed by atoms with Gasteiger partial charge in [0.25, 0.3) is 0 Å². The molecule has 0 heterocycles. The van der Waals surface area contributed by atoms with Gasteiger partial charge in [-0.25, -0.2) is 0 Å². The van der Waals surface area contributed by atoms with Crippen LogP contribution in [-0.4, -0.2) is 44.8 Å². The van der Waals surface area contributed by atoms with E-state index >= 15 is 0 Å². The summed E-state index contributed by atoms with van der Waals surface area (Å²) >= 11 is 5.61. The molecule has 1 aromatic rings. The minimum atomic E-state index is 0.591. The van der Waals surface area contributed by atoms with E-state index in [2.05, 4.69) is 22.1 Å². The molecule has 0 N–H and O–H groups in total. The standard InChI is InChI=1S/C12H18ClN3/c1-15(2)12-6-4-11(5-7-12)10-14-16(3)9-8-13/h4-7,10H,8-9H2,1-3H3. The van der Waals surface area contributed by atoms with E-state index in [1.54, 1.807) is 0 Å². The molecule has 0 spiro atoms. The van der Waals surface area contributed by atoms with Crippen molar-refractivity contribution in [3.63, 3.8) is 0 Å². The first-order chi connectivity index (χ1) is 7.63. The third-order valence-electron chi connectivity index (χ3n) is 2.22. The molecule has 0 aliphatic heterocycles. The highest BCUT2D eigenvalue weighted by molar-refractivity contribution is 6.18. The van der Waals surface area contributed by atoms with Gasteiger partial charge in [-0.15, -0.1) is 11.6 Å². The number of rotatable bonds is 5. The van der Waals surface area contributed by atoms with Crippen LogP contribution in [0, 0.1) is 0 Å². The maximum atomic E-state index is 5.61. The lowest BCUT2D eigenvalue weighted by Gasteiger charge is -2.12. The summed E-state index contributed by atoms with van der Waals surface area (Å²) in [5.41, 5.74) is 2.28. The zero-order valence-corrected chi connectivity index (χ0v) is 10.8. The van der Waals surface area contributed by atoms with E-state index in [1.165, 1.54) is 5.69 Å². The van der Waals surface area contributed by atoms with Crippen molar-refractivity contribution in [1.29, 1.82) is 0 Å². The molecule has 0 unspecified atom stereocenters. The third kappa shape index (κ3) is 4.11. The molecule has 4 heteroatoms. The van der Waals surface area contributed by atoms with Crippen LogP contribution in [-0.2, 0) is 0 Å². The van der Waals surface area contributed by atoms with E-state index < -0.39 is 0 Å². The number of anilines is 1. The molecular formula is C12H18ClN3. The van der Waals surface area contributed by atoms with Crippen LogP contribution in [0.3, 0.4) is 0 Å². The van der Waals surface area contributed by atoms with Crippen LogP contribution >= 0.6 is 11.6 Å². The topological polar surface area (TPSA) is 18.8 Å². The second kappa shape index (κ2) is 6.38. The van der Waals surface area contributed by atoms with Gasteiger partial charge in [0.1, 0.15) is 0 Å². The second-order valence-corrected chi connectivity index (χ2v) is 4.18. The summed E-state index contributed by atoms with van der Waals surface area (Å²) in [5.74, 6) is 0.591. The molecule has 0 aromatic heterocycles. The molecule has 0 fully saturated rings. The van der Waals surface area contributed by atoms with Gasteiger partial charge in [0.05, 0.1) is 6.21 Å². The van der Waals surface area contributed by atoms with Crippen LogP contribution in [0.5, 0.6) is 0 Å². The Labute approximate surface area is 102 Å². The average molecular weight is 240 g/mol. The lowest BCUT2D eigenvalue weighted by Crippen LogP contribution is -2.13. The number of alkyl halides is 1. The number of benzene rings is 1. The summed E-state index contributed by atoms with van der Waals surface area (Å²) in [7, 11) is 5.96. The van der Waals surface area contributed by atoms with Crippen molar-refractivity contribution in [2.75, 3.05) is 38.5 Å². The van der Waals surface area contributed by atoms with Crippen LogP contribution in [0.15, 0.2) is 29.4 Å². The lowest BCUT2D eigenvalue weighted by atomic mass is 10.2. The fourth-order valence-corrected chi connectivity index (χ4v) is 1.45. The summed E-state index contributed by atoms with van der Waals surface area (Å²) in [5, 5.41) is 6.10. The van der Waals surface area contributed by atoms with Gasteiger partial charge < -0.3 is 4.90 Å². The molecule has 0 atom stereocenters. The Morgan fingerprint density at radius 3 is 2.31 bits per heavy atom. The van der Waals surface area contributed by atoms with Crippen molar-refractivity contribution in [1.82, 2.24) is 5.01 Å². The zero-order valence-electron chi connectivity index (χ0n) is 10.0. The van der Waals surface area contributed by atoms with Crippen LogP contribution in [0.25, 0.3) is 0 Å². The van der Waals surface area contributed by atoms with Crippen molar-refractivity contribution in [3.8, 4) is 0 Å². The largest absolute Gasteiger partial charge is 0.378 e. The van der Waals surface area contributed by atoms with Gasteiger partial charge in [0, 0.05) is 39.3 Å². The molecule has 0 radical (unpaired) electrons. The first kappa shape index (κ1) is 12.8. The van der Waals surface area contributed by atoms with Crippen molar-refractivity contribution in [3.05, 3.63) is 29.8 Å². The Kier molecular flexibility index (Phi) is 5.12. The minimum Gasteiger partial charge on any atom is -0.378 e. The van der Waals surface area contributed by atoms with Crippen molar-refractivity contribution in [2.45, 2.75) is 0 Å². The van der Waals surface area contributed by atoms with Gasteiger partial charge in [0.15, 0.2) is 0 Å². The van der Waals surface area contributed by atoms with Gasteiger partial charge in [0.2, 0.25) is 0 Å². The molecule has 0 aliphatic carbocycles. The fraction of sp³-hybridized carbons (Fsp3) is 0.417.